The normalized spacial score (nSPS) is 20.9. The van der Waals surface area contributed by atoms with Crippen LogP contribution in [0.25, 0.3) is 10.9 Å². The Bertz CT molecular complexity index is 572. The number of benzene rings is 1. The Balaban J connectivity index is 1.76. The third-order valence-electron chi connectivity index (χ3n) is 3.59. The zero-order chi connectivity index (χ0) is 13.8. The Hall–Kier alpha value is -1.14. The van der Waals surface area contributed by atoms with Crippen molar-refractivity contribution in [2.75, 3.05) is 18.1 Å². The fraction of sp³-hybridized carbons (Fsp3) is 0.400. The Morgan fingerprint density at radius 1 is 1.35 bits per heavy atom. The van der Waals surface area contributed by atoms with Crippen molar-refractivity contribution < 1.29 is 4.74 Å². The van der Waals surface area contributed by atoms with E-state index in [1.807, 2.05) is 30.0 Å². The number of nitrogens with one attached hydrogen (secondary N) is 1. The first kappa shape index (κ1) is 13.8. The number of rotatable bonds is 4. The third-order valence-corrected chi connectivity index (χ3v) is 4.61. The minimum absolute atomic E-state index is 0.108. The van der Waals surface area contributed by atoms with Gasteiger partial charge in [0.05, 0.1) is 24.3 Å². The lowest BCUT2D eigenvalue weighted by Crippen LogP contribution is -2.49. The maximum Gasteiger partial charge on any atom is 0.0835 e. The van der Waals surface area contributed by atoms with Crippen molar-refractivity contribution in [1.82, 2.24) is 10.4 Å². The average molecular weight is 289 g/mol. The second kappa shape index (κ2) is 6.54. The van der Waals surface area contributed by atoms with E-state index in [4.69, 9.17) is 15.6 Å². The summed E-state index contributed by atoms with van der Waals surface area (Å²) in [5.74, 6) is 7.76. The van der Waals surface area contributed by atoms with Gasteiger partial charge in [-0.2, -0.15) is 11.8 Å². The molecular formula is C15H19N3OS. The number of aromatic nitrogens is 1. The topological polar surface area (TPSA) is 60.2 Å². The molecule has 3 N–H and O–H groups in total. The Morgan fingerprint density at radius 2 is 2.25 bits per heavy atom. The molecule has 1 aromatic carbocycles. The van der Waals surface area contributed by atoms with Gasteiger partial charge in [0.15, 0.2) is 0 Å². The van der Waals surface area contributed by atoms with E-state index in [-0.39, 0.29) is 12.1 Å². The van der Waals surface area contributed by atoms with E-state index in [1.165, 1.54) is 0 Å². The second-order valence-electron chi connectivity index (χ2n) is 4.96. The van der Waals surface area contributed by atoms with Crippen LogP contribution in [-0.2, 0) is 11.2 Å². The summed E-state index contributed by atoms with van der Waals surface area (Å²) in [6.07, 6.45) is 0.944. The molecule has 106 valence electrons. The molecule has 20 heavy (non-hydrogen) atoms. The summed E-state index contributed by atoms with van der Waals surface area (Å²) >= 11 is 1.92. The maximum absolute atomic E-state index is 5.80. The largest absolute Gasteiger partial charge is 0.375 e. The van der Waals surface area contributed by atoms with E-state index < -0.39 is 0 Å². The molecule has 0 radical (unpaired) electrons. The SMILES string of the molecule is NNC(Cc1ccc2ccccc2n1)C1CSCCO1. The number of hydrogen-bond donors (Lipinski definition) is 2. The monoisotopic (exact) mass is 289 g/mol. The summed E-state index contributed by atoms with van der Waals surface area (Å²) in [5, 5.41) is 1.16. The van der Waals surface area contributed by atoms with Gasteiger partial charge in [-0.3, -0.25) is 16.3 Å². The van der Waals surface area contributed by atoms with Gasteiger partial charge < -0.3 is 4.74 Å². The highest BCUT2D eigenvalue weighted by Gasteiger charge is 2.24. The zero-order valence-electron chi connectivity index (χ0n) is 11.3. The van der Waals surface area contributed by atoms with Crippen LogP contribution in [0.4, 0.5) is 0 Å². The summed E-state index contributed by atoms with van der Waals surface area (Å²) in [6, 6.07) is 12.4. The number of fused-ring (bicyclic) bond motifs is 1. The number of hydrazine groups is 1. The number of ether oxygens (including phenoxy) is 1. The van der Waals surface area contributed by atoms with Crippen LogP contribution in [0.2, 0.25) is 0 Å². The quantitative estimate of drug-likeness (QED) is 0.663. The first-order valence-corrected chi connectivity index (χ1v) is 8.02. The van der Waals surface area contributed by atoms with E-state index in [0.717, 1.165) is 41.1 Å². The highest BCUT2D eigenvalue weighted by Crippen LogP contribution is 2.18. The third kappa shape index (κ3) is 3.12. The maximum atomic E-state index is 5.80. The summed E-state index contributed by atoms with van der Waals surface area (Å²) in [7, 11) is 0. The lowest BCUT2D eigenvalue weighted by atomic mass is 10.1. The highest BCUT2D eigenvalue weighted by atomic mass is 32.2. The van der Waals surface area contributed by atoms with Crippen LogP contribution in [-0.4, -0.2) is 35.2 Å². The molecule has 0 spiro atoms. The number of nitrogens with zero attached hydrogens (tertiary/aromatic N) is 1. The molecule has 0 aliphatic carbocycles. The molecule has 2 heterocycles. The van der Waals surface area contributed by atoms with Gasteiger partial charge in [0.2, 0.25) is 0 Å². The van der Waals surface area contributed by atoms with Crippen molar-refractivity contribution in [3.8, 4) is 0 Å². The van der Waals surface area contributed by atoms with Crippen molar-refractivity contribution in [3.63, 3.8) is 0 Å². The van der Waals surface area contributed by atoms with Crippen molar-refractivity contribution in [2.45, 2.75) is 18.6 Å². The molecule has 1 fully saturated rings. The van der Waals surface area contributed by atoms with E-state index in [1.54, 1.807) is 0 Å². The number of thioether (sulfide) groups is 1. The minimum atomic E-state index is 0.108. The molecule has 0 bridgehead atoms. The van der Waals surface area contributed by atoms with Crippen LogP contribution in [0.15, 0.2) is 36.4 Å². The predicted octanol–water partition coefficient (Wildman–Crippen LogP) is 1.74. The van der Waals surface area contributed by atoms with Gasteiger partial charge in [0, 0.05) is 29.0 Å². The summed E-state index contributed by atoms with van der Waals surface area (Å²) in [6.45, 7) is 0.804. The van der Waals surface area contributed by atoms with Crippen molar-refractivity contribution in [1.29, 1.82) is 0 Å². The van der Waals surface area contributed by atoms with Crippen LogP contribution in [0.3, 0.4) is 0 Å². The van der Waals surface area contributed by atoms with E-state index >= 15 is 0 Å². The Kier molecular flexibility index (Phi) is 4.52. The van der Waals surface area contributed by atoms with Crippen LogP contribution in [0.5, 0.6) is 0 Å². The van der Waals surface area contributed by atoms with Crippen LogP contribution in [0.1, 0.15) is 5.69 Å². The minimum Gasteiger partial charge on any atom is -0.375 e. The van der Waals surface area contributed by atoms with Gasteiger partial charge in [-0.05, 0) is 12.1 Å². The molecule has 2 atom stereocenters. The molecule has 4 nitrogen and oxygen atoms in total. The molecule has 0 amide bonds. The molecule has 1 aromatic heterocycles. The molecule has 2 aromatic rings. The highest BCUT2D eigenvalue weighted by molar-refractivity contribution is 7.99. The number of para-hydroxylation sites is 1. The van der Waals surface area contributed by atoms with Crippen molar-refractivity contribution in [3.05, 3.63) is 42.1 Å². The van der Waals surface area contributed by atoms with E-state index in [0.29, 0.717) is 0 Å². The number of pyridine rings is 1. The second-order valence-corrected chi connectivity index (χ2v) is 6.11. The first-order chi connectivity index (χ1) is 9.86. The predicted molar refractivity (Wildman–Crippen MR) is 83.6 cm³/mol. The summed E-state index contributed by atoms with van der Waals surface area (Å²) in [5.41, 5.74) is 4.96. The van der Waals surface area contributed by atoms with Gasteiger partial charge in [-0.15, -0.1) is 0 Å². The molecular weight excluding hydrogens is 270 g/mol. The van der Waals surface area contributed by atoms with E-state index in [9.17, 15) is 0 Å². The Morgan fingerprint density at radius 3 is 3.05 bits per heavy atom. The number of hydrogen-bond acceptors (Lipinski definition) is 5. The lowest BCUT2D eigenvalue weighted by Gasteiger charge is -2.29. The zero-order valence-corrected chi connectivity index (χ0v) is 12.1. The van der Waals surface area contributed by atoms with Gasteiger partial charge in [-0.1, -0.05) is 24.3 Å². The molecule has 1 aliphatic rings. The average Bonchev–Trinajstić information content (AvgIpc) is 2.53. The van der Waals surface area contributed by atoms with E-state index in [2.05, 4.69) is 23.6 Å². The first-order valence-electron chi connectivity index (χ1n) is 6.87. The van der Waals surface area contributed by atoms with Crippen LogP contribution in [0, 0.1) is 0 Å². The molecule has 2 unspecified atom stereocenters. The lowest BCUT2D eigenvalue weighted by molar-refractivity contribution is 0.0469. The Labute approximate surface area is 123 Å². The summed E-state index contributed by atoms with van der Waals surface area (Å²) < 4.78 is 5.80. The smallest absolute Gasteiger partial charge is 0.0835 e. The van der Waals surface area contributed by atoms with Gasteiger partial charge in [-0.25, -0.2) is 0 Å². The molecule has 5 heteroatoms. The fourth-order valence-corrected chi connectivity index (χ4v) is 3.42. The molecule has 0 saturated carbocycles. The van der Waals surface area contributed by atoms with Crippen LogP contribution >= 0.6 is 11.8 Å². The standard InChI is InChI=1S/C15H19N3OS/c16-18-14(15-10-20-8-7-19-15)9-12-6-5-11-3-1-2-4-13(11)17-12/h1-6,14-15,18H,7-10,16H2. The molecule has 3 rings (SSSR count). The van der Waals surface area contributed by atoms with Crippen molar-refractivity contribution >= 4 is 22.7 Å². The van der Waals surface area contributed by atoms with Crippen LogP contribution < -0.4 is 11.3 Å². The van der Waals surface area contributed by atoms with Gasteiger partial charge >= 0.3 is 0 Å². The van der Waals surface area contributed by atoms with Gasteiger partial charge in [0.25, 0.3) is 0 Å². The fourth-order valence-electron chi connectivity index (χ4n) is 2.48. The number of nitrogens with two attached hydrogens (primary N) is 1. The van der Waals surface area contributed by atoms with Crippen molar-refractivity contribution in [2.24, 2.45) is 5.84 Å². The summed E-state index contributed by atoms with van der Waals surface area (Å²) in [4.78, 5) is 4.70. The molecule has 1 saturated heterocycles. The van der Waals surface area contributed by atoms with Gasteiger partial charge in [0.1, 0.15) is 0 Å². The molecule has 1 aliphatic heterocycles.